The van der Waals surface area contributed by atoms with Crippen LogP contribution in [0.3, 0.4) is 0 Å². The Hall–Kier alpha value is -0.340. The summed E-state index contributed by atoms with van der Waals surface area (Å²) in [5.41, 5.74) is 1.54. The standard InChI is InChI=1S/C9H18N2/c1-3-8(4-2)7-9-10-5-6-11-9/h3,9-11H,4-7H2,1-2H3/b8-3+. The molecule has 11 heavy (non-hydrogen) atoms. The fourth-order valence-electron chi connectivity index (χ4n) is 1.44. The highest BCUT2D eigenvalue weighted by Gasteiger charge is 2.12. The Balaban J connectivity index is 2.27. The van der Waals surface area contributed by atoms with Gasteiger partial charge in [-0.15, -0.1) is 0 Å². The van der Waals surface area contributed by atoms with Crippen molar-refractivity contribution >= 4 is 0 Å². The molecule has 0 spiro atoms. The highest BCUT2D eigenvalue weighted by molar-refractivity contribution is 5.02. The largest absolute Gasteiger partial charge is 0.300 e. The maximum Gasteiger partial charge on any atom is 0.0610 e. The lowest BCUT2D eigenvalue weighted by atomic mass is 10.1. The van der Waals surface area contributed by atoms with E-state index in [1.807, 2.05) is 0 Å². The topological polar surface area (TPSA) is 24.1 Å². The average Bonchev–Trinajstić information content (AvgIpc) is 2.52. The van der Waals surface area contributed by atoms with E-state index in [4.69, 9.17) is 0 Å². The second-order valence-electron chi connectivity index (χ2n) is 2.97. The second kappa shape index (κ2) is 4.52. The van der Waals surface area contributed by atoms with Gasteiger partial charge in [0.2, 0.25) is 0 Å². The van der Waals surface area contributed by atoms with Crippen LogP contribution in [-0.2, 0) is 0 Å². The highest BCUT2D eigenvalue weighted by atomic mass is 15.2. The number of hydrogen-bond acceptors (Lipinski definition) is 2. The van der Waals surface area contributed by atoms with Crippen LogP contribution in [0.15, 0.2) is 11.6 Å². The molecule has 1 rings (SSSR count). The fourth-order valence-corrected chi connectivity index (χ4v) is 1.44. The van der Waals surface area contributed by atoms with Crippen LogP contribution in [0.5, 0.6) is 0 Å². The molecule has 2 N–H and O–H groups in total. The molecule has 0 aromatic carbocycles. The lowest BCUT2D eigenvalue weighted by Crippen LogP contribution is -2.31. The minimum absolute atomic E-state index is 0.529. The van der Waals surface area contributed by atoms with Gasteiger partial charge in [0, 0.05) is 13.1 Å². The monoisotopic (exact) mass is 154 g/mol. The molecule has 0 aromatic heterocycles. The Morgan fingerprint density at radius 3 is 2.55 bits per heavy atom. The minimum Gasteiger partial charge on any atom is -0.300 e. The Kier molecular flexibility index (Phi) is 3.60. The van der Waals surface area contributed by atoms with Crippen molar-refractivity contribution in [3.05, 3.63) is 11.6 Å². The van der Waals surface area contributed by atoms with E-state index in [-0.39, 0.29) is 0 Å². The van der Waals surface area contributed by atoms with Gasteiger partial charge >= 0.3 is 0 Å². The van der Waals surface area contributed by atoms with Gasteiger partial charge in [-0.25, -0.2) is 0 Å². The fraction of sp³-hybridized carbons (Fsp3) is 0.778. The van der Waals surface area contributed by atoms with Crippen LogP contribution in [0.4, 0.5) is 0 Å². The molecule has 0 saturated carbocycles. The molecule has 1 heterocycles. The van der Waals surface area contributed by atoms with Crippen LogP contribution in [0.1, 0.15) is 26.7 Å². The van der Waals surface area contributed by atoms with E-state index in [0.717, 1.165) is 19.5 Å². The molecule has 0 bridgehead atoms. The molecule has 0 aromatic rings. The summed E-state index contributed by atoms with van der Waals surface area (Å²) in [5.74, 6) is 0. The molecule has 0 radical (unpaired) electrons. The first-order chi connectivity index (χ1) is 5.36. The van der Waals surface area contributed by atoms with Crippen molar-refractivity contribution in [2.75, 3.05) is 13.1 Å². The molecule has 0 aliphatic carbocycles. The Bertz CT molecular complexity index is 134. The van der Waals surface area contributed by atoms with Crippen molar-refractivity contribution in [1.29, 1.82) is 0 Å². The summed E-state index contributed by atoms with van der Waals surface area (Å²) in [6.45, 7) is 6.56. The zero-order valence-electron chi connectivity index (χ0n) is 7.48. The van der Waals surface area contributed by atoms with Crippen LogP contribution in [0, 0.1) is 0 Å². The molecule has 2 heteroatoms. The third-order valence-electron chi connectivity index (χ3n) is 2.24. The number of allylic oxidation sites excluding steroid dienone is 1. The normalized spacial score (nSPS) is 21.1. The van der Waals surface area contributed by atoms with Crippen LogP contribution in [0.2, 0.25) is 0 Å². The second-order valence-corrected chi connectivity index (χ2v) is 2.97. The van der Waals surface area contributed by atoms with E-state index in [9.17, 15) is 0 Å². The molecule has 1 aliphatic rings. The number of hydrogen-bond donors (Lipinski definition) is 2. The molecule has 64 valence electrons. The molecule has 0 amide bonds. The molecule has 2 nitrogen and oxygen atoms in total. The van der Waals surface area contributed by atoms with Crippen molar-refractivity contribution in [1.82, 2.24) is 10.6 Å². The zero-order valence-corrected chi connectivity index (χ0v) is 7.48. The SMILES string of the molecule is C/C=C(\CC)CC1NCCN1. The maximum atomic E-state index is 3.40. The van der Waals surface area contributed by atoms with Crippen LogP contribution >= 0.6 is 0 Å². The van der Waals surface area contributed by atoms with E-state index in [0.29, 0.717) is 6.17 Å². The number of rotatable bonds is 3. The van der Waals surface area contributed by atoms with Gasteiger partial charge in [0.25, 0.3) is 0 Å². The van der Waals surface area contributed by atoms with E-state index >= 15 is 0 Å². The highest BCUT2D eigenvalue weighted by Crippen LogP contribution is 2.08. The zero-order chi connectivity index (χ0) is 8.10. The lowest BCUT2D eigenvalue weighted by Gasteiger charge is -2.11. The van der Waals surface area contributed by atoms with Crippen molar-refractivity contribution in [2.45, 2.75) is 32.9 Å². The van der Waals surface area contributed by atoms with Crippen molar-refractivity contribution in [2.24, 2.45) is 0 Å². The minimum atomic E-state index is 0.529. The summed E-state index contributed by atoms with van der Waals surface area (Å²) in [6, 6.07) is 0. The Labute approximate surface area is 69.1 Å². The first-order valence-corrected chi connectivity index (χ1v) is 4.47. The maximum absolute atomic E-state index is 3.40. The predicted octanol–water partition coefficient (Wildman–Crippen LogP) is 1.25. The van der Waals surface area contributed by atoms with Gasteiger partial charge in [-0.2, -0.15) is 0 Å². The van der Waals surface area contributed by atoms with E-state index < -0.39 is 0 Å². The van der Waals surface area contributed by atoms with Gasteiger partial charge in [0.05, 0.1) is 6.17 Å². The van der Waals surface area contributed by atoms with Crippen molar-refractivity contribution < 1.29 is 0 Å². The van der Waals surface area contributed by atoms with Gasteiger partial charge in [-0.1, -0.05) is 18.6 Å². The molecule has 1 aliphatic heterocycles. The predicted molar refractivity (Wildman–Crippen MR) is 48.5 cm³/mol. The first-order valence-electron chi connectivity index (χ1n) is 4.47. The van der Waals surface area contributed by atoms with Crippen LogP contribution < -0.4 is 10.6 Å². The van der Waals surface area contributed by atoms with Crippen molar-refractivity contribution in [3.8, 4) is 0 Å². The van der Waals surface area contributed by atoms with Gasteiger partial charge in [0.1, 0.15) is 0 Å². The molecular formula is C9H18N2. The molecule has 0 atom stereocenters. The number of nitrogens with one attached hydrogen (secondary N) is 2. The average molecular weight is 154 g/mol. The third kappa shape index (κ3) is 2.64. The van der Waals surface area contributed by atoms with Gasteiger partial charge in [0.15, 0.2) is 0 Å². The van der Waals surface area contributed by atoms with Crippen LogP contribution in [-0.4, -0.2) is 19.3 Å². The first kappa shape index (κ1) is 8.75. The quantitative estimate of drug-likeness (QED) is 0.598. The molecule has 1 saturated heterocycles. The summed E-state index contributed by atoms with van der Waals surface area (Å²) >= 11 is 0. The summed E-state index contributed by atoms with van der Waals surface area (Å²) in [5, 5.41) is 6.81. The molecule has 0 unspecified atom stereocenters. The van der Waals surface area contributed by atoms with Gasteiger partial charge in [-0.05, 0) is 19.8 Å². The summed E-state index contributed by atoms with van der Waals surface area (Å²) in [4.78, 5) is 0. The summed E-state index contributed by atoms with van der Waals surface area (Å²) < 4.78 is 0. The third-order valence-corrected chi connectivity index (χ3v) is 2.24. The van der Waals surface area contributed by atoms with Gasteiger partial charge in [-0.3, -0.25) is 0 Å². The smallest absolute Gasteiger partial charge is 0.0610 e. The van der Waals surface area contributed by atoms with Crippen molar-refractivity contribution in [3.63, 3.8) is 0 Å². The lowest BCUT2D eigenvalue weighted by molar-refractivity contribution is 0.542. The van der Waals surface area contributed by atoms with E-state index in [1.54, 1.807) is 0 Å². The molecule has 1 fully saturated rings. The summed E-state index contributed by atoms with van der Waals surface area (Å²) in [6.07, 6.45) is 5.09. The molecular weight excluding hydrogens is 136 g/mol. The van der Waals surface area contributed by atoms with E-state index in [2.05, 4.69) is 30.6 Å². The summed E-state index contributed by atoms with van der Waals surface area (Å²) in [7, 11) is 0. The van der Waals surface area contributed by atoms with E-state index in [1.165, 1.54) is 12.0 Å². The van der Waals surface area contributed by atoms with Crippen LogP contribution in [0.25, 0.3) is 0 Å². The Morgan fingerprint density at radius 2 is 2.09 bits per heavy atom. The van der Waals surface area contributed by atoms with Gasteiger partial charge < -0.3 is 10.6 Å². The Morgan fingerprint density at radius 1 is 1.45 bits per heavy atom.